The van der Waals surface area contributed by atoms with E-state index in [-0.39, 0.29) is 24.7 Å². The van der Waals surface area contributed by atoms with Gasteiger partial charge in [-0.15, -0.1) is 0 Å². The van der Waals surface area contributed by atoms with Crippen LogP contribution in [0.5, 0.6) is 11.5 Å². The summed E-state index contributed by atoms with van der Waals surface area (Å²) in [6.45, 7) is 2.57. The van der Waals surface area contributed by atoms with E-state index in [4.69, 9.17) is 9.47 Å². The SMILES string of the molecule is COc1ccccc1OCC(=O)N1CC2(C[C@@H](CO)CN2C)C1. The Morgan fingerprint density at radius 2 is 2.04 bits per heavy atom. The lowest BCUT2D eigenvalue weighted by molar-refractivity contribution is -0.145. The van der Waals surface area contributed by atoms with E-state index in [1.807, 2.05) is 17.0 Å². The maximum Gasteiger partial charge on any atom is 0.260 e. The molecule has 2 fully saturated rings. The Labute approximate surface area is 136 Å². The average Bonchev–Trinajstić information content (AvgIpc) is 2.88. The Kier molecular flexibility index (Phi) is 4.46. The number of amides is 1. The van der Waals surface area contributed by atoms with Crippen molar-refractivity contribution in [2.75, 3.05) is 47.0 Å². The first kappa shape index (κ1) is 16.1. The predicted molar refractivity (Wildman–Crippen MR) is 85.6 cm³/mol. The smallest absolute Gasteiger partial charge is 0.260 e. The zero-order valence-corrected chi connectivity index (χ0v) is 13.7. The molecular formula is C17H24N2O4. The van der Waals surface area contributed by atoms with Crippen LogP contribution in [0.25, 0.3) is 0 Å². The molecule has 1 N–H and O–H groups in total. The van der Waals surface area contributed by atoms with Gasteiger partial charge in [-0.2, -0.15) is 0 Å². The van der Waals surface area contributed by atoms with Crippen molar-refractivity contribution in [3.05, 3.63) is 24.3 Å². The highest BCUT2D eigenvalue weighted by atomic mass is 16.5. The minimum Gasteiger partial charge on any atom is -0.493 e. The fourth-order valence-electron chi connectivity index (χ4n) is 3.64. The van der Waals surface area contributed by atoms with E-state index in [0.717, 1.165) is 13.0 Å². The highest BCUT2D eigenvalue weighted by molar-refractivity contribution is 5.79. The van der Waals surface area contributed by atoms with Crippen molar-refractivity contribution >= 4 is 5.91 Å². The quantitative estimate of drug-likeness (QED) is 0.861. The van der Waals surface area contributed by atoms with Gasteiger partial charge in [0.25, 0.3) is 5.91 Å². The lowest BCUT2D eigenvalue weighted by Crippen LogP contribution is -2.68. The molecular weight excluding hydrogens is 296 g/mol. The normalized spacial score (nSPS) is 22.9. The highest BCUT2D eigenvalue weighted by Gasteiger charge is 2.52. The maximum atomic E-state index is 12.3. The molecule has 1 amide bonds. The molecule has 2 saturated heterocycles. The van der Waals surface area contributed by atoms with Crippen LogP contribution in [0.3, 0.4) is 0 Å². The number of likely N-dealkylation sites (N-methyl/N-ethyl adjacent to an activating group) is 1. The van der Waals surface area contributed by atoms with Crippen LogP contribution < -0.4 is 9.47 Å². The monoisotopic (exact) mass is 320 g/mol. The standard InChI is InChI=1S/C17H24N2O4/c1-18-8-13(9-20)7-17(18)11-19(12-17)16(21)10-23-15-6-4-3-5-14(15)22-2/h3-6,13,20H,7-12H2,1-2H3/t13-/m1/s1. The van der Waals surface area contributed by atoms with Crippen LogP contribution in [0, 0.1) is 5.92 Å². The third kappa shape index (κ3) is 3.01. The lowest BCUT2D eigenvalue weighted by Gasteiger charge is -2.51. The van der Waals surface area contributed by atoms with Gasteiger partial charge in [-0.25, -0.2) is 0 Å². The molecule has 1 atom stereocenters. The number of nitrogens with zero attached hydrogens (tertiary/aromatic N) is 2. The number of para-hydroxylation sites is 2. The number of rotatable bonds is 5. The molecule has 6 nitrogen and oxygen atoms in total. The van der Waals surface area contributed by atoms with E-state index in [1.165, 1.54) is 0 Å². The molecule has 0 bridgehead atoms. The molecule has 2 aliphatic rings. The van der Waals surface area contributed by atoms with Crippen LogP contribution in [-0.4, -0.2) is 73.4 Å². The van der Waals surface area contributed by atoms with Gasteiger partial charge < -0.3 is 19.5 Å². The van der Waals surface area contributed by atoms with Gasteiger partial charge in [0.15, 0.2) is 18.1 Å². The van der Waals surface area contributed by atoms with Crippen molar-refractivity contribution < 1.29 is 19.4 Å². The molecule has 1 aromatic carbocycles. The van der Waals surface area contributed by atoms with Gasteiger partial charge in [-0.1, -0.05) is 12.1 Å². The van der Waals surface area contributed by atoms with Gasteiger partial charge in [0.2, 0.25) is 0 Å². The second-order valence-corrected chi connectivity index (χ2v) is 6.55. The van der Waals surface area contributed by atoms with E-state index in [1.54, 1.807) is 19.2 Å². The third-order valence-electron chi connectivity index (χ3n) is 5.01. The number of carbonyl (C=O) groups excluding carboxylic acids is 1. The molecule has 6 heteroatoms. The Morgan fingerprint density at radius 3 is 2.65 bits per heavy atom. The summed E-state index contributed by atoms with van der Waals surface area (Å²) >= 11 is 0. The van der Waals surface area contributed by atoms with Gasteiger partial charge in [-0.05, 0) is 31.5 Å². The molecule has 3 rings (SSSR count). The number of carbonyl (C=O) groups is 1. The van der Waals surface area contributed by atoms with Crippen molar-refractivity contribution in [1.82, 2.24) is 9.80 Å². The van der Waals surface area contributed by atoms with Crippen LogP contribution >= 0.6 is 0 Å². The zero-order chi connectivity index (χ0) is 16.4. The van der Waals surface area contributed by atoms with E-state index in [0.29, 0.717) is 30.5 Å². The van der Waals surface area contributed by atoms with Gasteiger partial charge in [0.1, 0.15) is 0 Å². The summed E-state index contributed by atoms with van der Waals surface area (Å²) in [5, 5.41) is 9.33. The molecule has 0 unspecified atom stereocenters. The summed E-state index contributed by atoms with van der Waals surface area (Å²) in [5.41, 5.74) is 0.0491. The molecule has 0 radical (unpaired) electrons. The number of hydrogen-bond donors (Lipinski definition) is 1. The summed E-state index contributed by atoms with van der Waals surface area (Å²) in [7, 11) is 3.65. The Morgan fingerprint density at radius 1 is 1.35 bits per heavy atom. The second-order valence-electron chi connectivity index (χ2n) is 6.55. The first-order valence-electron chi connectivity index (χ1n) is 7.93. The number of hydrogen-bond acceptors (Lipinski definition) is 5. The van der Waals surface area contributed by atoms with Crippen molar-refractivity contribution in [2.45, 2.75) is 12.0 Å². The van der Waals surface area contributed by atoms with Gasteiger partial charge in [0.05, 0.1) is 12.6 Å². The molecule has 2 aliphatic heterocycles. The lowest BCUT2D eigenvalue weighted by atomic mass is 9.84. The first-order chi connectivity index (χ1) is 11.1. The van der Waals surface area contributed by atoms with Crippen molar-refractivity contribution in [2.24, 2.45) is 5.92 Å². The second kappa shape index (κ2) is 6.37. The molecule has 0 aliphatic carbocycles. The number of methoxy groups -OCH3 is 1. The number of benzene rings is 1. The molecule has 126 valence electrons. The predicted octanol–water partition coefficient (Wildman–Crippen LogP) is 0.599. The number of likely N-dealkylation sites (tertiary alicyclic amines) is 2. The Hall–Kier alpha value is -1.79. The summed E-state index contributed by atoms with van der Waals surface area (Å²) in [6.07, 6.45) is 0.956. The maximum absolute atomic E-state index is 12.3. The molecule has 1 spiro atoms. The van der Waals surface area contributed by atoms with Crippen molar-refractivity contribution in [1.29, 1.82) is 0 Å². The van der Waals surface area contributed by atoms with Crippen LogP contribution in [0.1, 0.15) is 6.42 Å². The molecule has 2 heterocycles. The van der Waals surface area contributed by atoms with Crippen molar-refractivity contribution in [3.8, 4) is 11.5 Å². The van der Waals surface area contributed by atoms with Crippen LogP contribution in [0.2, 0.25) is 0 Å². The van der Waals surface area contributed by atoms with Crippen molar-refractivity contribution in [3.63, 3.8) is 0 Å². The van der Waals surface area contributed by atoms with Crippen LogP contribution in [0.15, 0.2) is 24.3 Å². The summed E-state index contributed by atoms with van der Waals surface area (Å²) in [4.78, 5) is 16.4. The highest BCUT2D eigenvalue weighted by Crippen LogP contribution is 2.39. The van der Waals surface area contributed by atoms with E-state index >= 15 is 0 Å². The number of aliphatic hydroxyl groups excluding tert-OH is 1. The topological polar surface area (TPSA) is 62.2 Å². The minimum atomic E-state index is -0.0117. The third-order valence-corrected chi connectivity index (χ3v) is 5.01. The largest absolute Gasteiger partial charge is 0.493 e. The summed E-state index contributed by atoms with van der Waals surface area (Å²) in [5.74, 6) is 1.52. The fraction of sp³-hybridized carbons (Fsp3) is 0.588. The molecule has 0 saturated carbocycles. The van der Waals surface area contributed by atoms with Gasteiger partial charge >= 0.3 is 0 Å². The first-order valence-corrected chi connectivity index (χ1v) is 7.93. The van der Waals surface area contributed by atoms with E-state index < -0.39 is 0 Å². The van der Waals surface area contributed by atoms with E-state index in [2.05, 4.69) is 11.9 Å². The number of ether oxygens (including phenoxy) is 2. The average molecular weight is 320 g/mol. The molecule has 1 aromatic rings. The van der Waals surface area contributed by atoms with E-state index in [9.17, 15) is 9.90 Å². The summed E-state index contributed by atoms with van der Waals surface area (Å²) in [6, 6.07) is 7.31. The summed E-state index contributed by atoms with van der Waals surface area (Å²) < 4.78 is 10.8. The van der Waals surface area contributed by atoms with Crippen LogP contribution in [0.4, 0.5) is 0 Å². The minimum absolute atomic E-state index is 0.0117. The molecule has 0 aromatic heterocycles. The Bertz CT molecular complexity index is 571. The van der Waals surface area contributed by atoms with Gasteiger partial charge in [0, 0.05) is 26.2 Å². The van der Waals surface area contributed by atoms with Gasteiger partial charge in [-0.3, -0.25) is 9.69 Å². The fourth-order valence-corrected chi connectivity index (χ4v) is 3.64. The van der Waals surface area contributed by atoms with Crippen LogP contribution in [-0.2, 0) is 4.79 Å². The molecule has 23 heavy (non-hydrogen) atoms. The zero-order valence-electron chi connectivity index (χ0n) is 13.7. The Balaban J connectivity index is 1.51. The number of aliphatic hydroxyl groups is 1.